The Morgan fingerprint density at radius 1 is 1.29 bits per heavy atom. The van der Waals surface area contributed by atoms with Crippen LogP contribution in [-0.4, -0.2) is 11.0 Å². The molecule has 0 unspecified atom stereocenters. The number of hydrogen-bond acceptors (Lipinski definition) is 5. The topological polar surface area (TPSA) is 66.2 Å². The minimum Gasteiger partial charge on any atom is -0.545 e. The number of carbonyl (C=O) groups excluding carboxylic acids is 1. The Labute approximate surface area is 129 Å². The monoisotopic (exact) mass is 318 g/mol. The summed E-state index contributed by atoms with van der Waals surface area (Å²) in [6.07, 6.45) is 0. The zero-order chi connectivity index (χ0) is 14.8. The lowest BCUT2D eigenvalue weighted by atomic mass is 10.1. The Morgan fingerprint density at radius 2 is 2.10 bits per heavy atom. The molecule has 0 spiro atoms. The van der Waals surface area contributed by atoms with Crippen LogP contribution in [0.4, 0.5) is 0 Å². The molecule has 0 bridgehead atoms. The molecule has 0 N–H and O–H groups in total. The van der Waals surface area contributed by atoms with Crippen LogP contribution in [0, 0.1) is 0 Å². The summed E-state index contributed by atoms with van der Waals surface area (Å²) in [6, 6.07) is 11.9. The summed E-state index contributed by atoms with van der Waals surface area (Å²) in [4.78, 5) is 15.3. The number of carbonyl (C=O) groups is 1. The number of aromatic carboxylic acids is 1. The Kier molecular flexibility index (Phi) is 3.86. The molecule has 0 aliphatic carbocycles. The molecule has 1 aromatic heterocycles. The third kappa shape index (κ3) is 3.04. The van der Waals surface area contributed by atoms with Crippen molar-refractivity contribution in [2.24, 2.45) is 0 Å². The third-order valence-corrected chi connectivity index (χ3v) is 4.03. The van der Waals surface area contributed by atoms with Crippen LogP contribution in [0.2, 0.25) is 5.02 Å². The van der Waals surface area contributed by atoms with Gasteiger partial charge in [-0.15, -0.1) is 0 Å². The number of hydrogen-bond donors (Lipinski definition) is 0. The molecule has 0 radical (unpaired) electrons. The molecule has 0 aliphatic rings. The minimum absolute atomic E-state index is 0.184. The molecule has 106 valence electrons. The normalized spacial score (nSPS) is 10.9. The van der Waals surface area contributed by atoms with E-state index in [1.54, 1.807) is 36.4 Å². The van der Waals surface area contributed by atoms with Crippen molar-refractivity contribution in [2.75, 3.05) is 0 Å². The van der Waals surface area contributed by atoms with Gasteiger partial charge in [0.2, 0.25) is 0 Å². The Balaban J connectivity index is 1.82. The predicted octanol–water partition coefficient (Wildman–Crippen LogP) is 3.14. The van der Waals surface area contributed by atoms with E-state index in [2.05, 4.69) is 4.98 Å². The van der Waals surface area contributed by atoms with Crippen LogP contribution in [0.5, 0.6) is 0 Å². The van der Waals surface area contributed by atoms with Gasteiger partial charge in [0.05, 0.1) is 5.97 Å². The molecule has 0 fully saturated rings. The second kappa shape index (κ2) is 5.79. The van der Waals surface area contributed by atoms with Crippen molar-refractivity contribution in [3.8, 4) is 0 Å². The molecule has 1 heterocycles. The van der Waals surface area contributed by atoms with E-state index in [1.165, 1.54) is 17.8 Å². The number of rotatable bonds is 4. The fraction of sp³-hybridized carbons (Fsp3) is 0.0667. The highest BCUT2D eigenvalue weighted by Gasteiger charge is 2.09. The molecule has 4 nitrogen and oxygen atoms in total. The van der Waals surface area contributed by atoms with Crippen LogP contribution in [0.15, 0.2) is 52.1 Å². The van der Waals surface area contributed by atoms with Gasteiger partial charge in [0.1, 0.15) is 5.52 Å². The number of benzene rings is 2. The second-order valence-corrected chi connectivity index (χ2v) is 5.69. The zero-order valence-corrected chi connectivity index (χ0v) is 12.3. The first-order chi connectivity index (χ1) is 10.1. The molecule has 0 aliphatic heterocycles. The maximum absolute atomic E-state index is 11.0. The summed E-state index contributed by atoms with van der Waals surface area (Å²) in [6.45, 7) is 0. The molecular weight excluding hydrogens is 310 g/mol. The van der Waals surface area contributed by atoms with Gasteiger partial charge in [0.15, 0.2) is 5.58 Å². The van der Waals surface area contributed by atoms with E-state index < -0.39 is 5.97 Å². The Bertz CT molecular complexity index is 816. The number of carboxylic acid groups (broad SMARTS) is 1. The number of oxazole rings is 1. The second-order valence-electron chi connectivity index (χ2n) is 4.33. The summed E-state index contributed by atoms with van der Waals surface area (Å²) in [5, 5.41) is 12.1. The molecule has 3 rings (SSSR count). The van der Waals surface area contributed by atoms with Crippen LogP contribution >= 0.6 is 23.4 Å². The van der Waals surface area contributed by atoms with E-state index in [0.29, 0.717) is 32.7 Å². The standard InChI is InChI=1S/C15H10ClNO3S/c16-10-5-6-13-12(7-10)17-15(20-13)21-8-9-3-1-2-4-11(9)14(18)19/h1-7H,8H2,(H,18,19)/p-1. The number of nitrogens with zero attached hydrogens (tertiary/aromatic N) is 1. The van der Waals surface area contributed by atoms with Crippen molar-refractivity contribution in [3.63, 3.8) is 0 Å². The third-order valence-electron chi connectivity index (χ3n) is 2.92. The van der Waals surface area contributed by atoms with Crippen molar-refractivity contribution >= 4 is 40.4 Å². The van der Waals surface area contributed by atoms with Gasteiger partial charge in [0, 0.05) is 16.3 Å². The lowest BCUT2D eigenvalue weighted by molar-refractivity contribution is -0.255. The molecular formula is C15H9ClNO3S-. The van der Waals surface area contributed by atoms with Crippen LogP contribution in [0.25, 0.3) is 11.1 Å². The van der Waals surface area contributed by atoms with Crippen LogP contribution < -0.4 is 5.11 Å². The van der Waals surface area contributed by atoms with Gasteiger partial charge in [-0.05, 0) is 23.8 Å². The van der Waals surface area contributed by atoms with E-state index in [1.807, 2.05) is 0 Å². The van der Waals surface area contributed by atoms with Crippen molar-refractivity contribution in [2.45, 2.75) is 11.0 Å². The number of halogens is 1. The van der Waals surface area contributed by atoms with E-state index in [4.69, 9.17) is 16.0 Å². The largest absolute Gasteiger partial charge is 0.545 e. The van der Waals surface area contributed by atoms with Gasteiger partial charge < -0.3 is 14.3 Å². The first-order valence-electron chi connectivity index (χ1n) is 6.11. The molecule has 2 aromatic carbocycles. The molecule has 0 atom stereocenters. The van der Waals surface area contributed by atoms with Gasteiger partial charge in [-0.2, -0.15) is 0 Å². The summed E-state index contributed by atoms with van der Waals surface area (Å²) >= 11 is 7.22. The minimum atomic E-state index is -1.18. The fourth-order valence-corrected chi connectivity index (χ4v) is 2.93. The highest BCUT2D eigenvalue weighted by atomic mass is 35.5. The smallest absolute Gasteiger partial charge is 0.257 e. The predicted molar refractivity (Wildman–Crippen MR) is 79.4 cm³/mol. The average Bonchev–Trinajstić information content (AvgIpc) is 2.87. The first kappa shape index (κ1) is 14.0. The van der Waals surface area contributed by atoms with Crippen LogP contribution in [-0.2, 0) is 5.75 Å². The van der Waals surface area contributed by atoms with Crippen molar-refractivity contribution in [3.05, 3.63) is 58.6 Å². The van der Waals surface area contributed by atoms with Crippen molar-refractivity contribution in [1.82, 2.24) is 4.98 Å². The molecule has 0 saturated carbocycles. The van der Waals surface area contributed by atoms with Crippen LogP contribution in [0.3, 0.4) is 0 Å². The highest BCUT2D eigenvalue weighted by molar-refractivity contribution is 7.98. The number of fused-ring (bicyclic) bond motifs is 1. The van der Waals surface area contributed by atoms with E-state index in [9.17, 15) is 9.90 Å². The lowest BCUT2D eigenvalue weighted by Gasteiger charge is -2.08. The summed E-state index contributed by atoms with van der Waals surface area (Å²) in [5.41, 5.74) is 2.18. The van der Waals surface area contributed by atoms with Crippen molar-refractivity contribution < 1.29 is 14.3 Å². The van der Waals surface area contributed by atoms with Gasteiger partial charge in [-0.3, -0.25) is 0 Å². The van der Waals surface area contributed by atoms with Crippen LogP contribution in [0.1, 0.15) is 15.9 Å². The summed E-state index contributed by atoms with van der Waals surface area (Å²) in [7, 11) is 0. The Morgan fingerprint density at radius 3 is 2.90 bits per heavy atom. The quantitative estimate of drug-likeness (QED) is 0.691. The van der Waals surface area contributed by atoms with E-state index in [-0.39, 0.29) is 5.56 Å². The van der Waals surface area contributed by atoms with Gasteiger partial charge >= 0.3 is 0 Å². The average molecular weight is 319 g/mol. The fourth-order valence-electron chi connectivity index (χ4n) is 1.93. The molecule has 0 amide bonds. The Hall–Kier alpha value is -1.98. The van der Waals surface area contributed by atoms with Gasteiger partial charge in [-0.1, -0.05) is 47.6 Å². The first-order valence-corrected chi connectivity index (χ1v) is 7.48. The molecule has 3 aromatic rings. The van der Waals surface area contributed by atoms with Crippen molar-refractivity contribution in [1.29, 1.82) is 0 Å². The number of thioether (sulfide) groups is 1. The molecule has 0 saturated heterocycles. The number of carboxylic acids is 1. The zero-order valence-electron chi connectivity index (χ0n) is 10.7. The van der Waals surface area contributed by atoms with Gasteiger partial charge in [0.25, 0.3) is 5.22 Å². The number of aromatic nitrogens is 1. The molecule has 21 heavy (non-hydrogen) atoms. The van der Waals surface area contributed by atoms with Gasteiger partial charge in [-0.25, -0.2) is 4.98 Å². The lowest BCUT2D eigenvalue weighted by Crippen LogP contribution is -2.23. The molecule has 6 heteroatoms. The summed E-state index contributed by atoms with van der Waals surface area (Å²) in [5.74, 6) is -0.749. The maximum Gasteiger partial charge on any atom is 0.257 e. The highest BCUT2D eigenvalue weighted by Crippen LogP contribution is 2.28. The SMILES string of the molecule is O=C([O-])c1ccccc1CSc1nc2cc(Cl)ccc2o1. The van der Waals surface area contributed by atoms with E-state index in [0.717, 1.165) is 0 Å². The maximum atomic E-state index is 11.0. The summed E-state index contributed by atoms with van der Waals surface area (Å²) < 4.78 is 5.58. The van der Waals surface area contributed by atoms with E-state index >= 15 is 0 Å².